The molecule has 84 valence electrons. The molecule has 0 unspecified atom stereocenters. The Balaban J connectivity index is 2.57. The fraction of sp³-hybridized carbons (Fsp3) is 0.400. The van der Waals surface area contributed by atoms with Crippen molar-refractivity contribution in [2.24, 2.45) is 5.14 Å². The summed E-state index contributed by atoms with van der Waals surface area (Å²) < 4.78 is 24.1. The van der Waals surface area contributed by atoms with E-state index in [-0.39, 0.29) is 18.8 Å². The van der Waals surface area contributed by atoms with Gasteiger partial charge >= 0.3 is 5.97 Å². The zero-order valence-electron chi connectivity index (χ0n) is 7.49. The summed E-state index contributed by atoms with van der Waals surface area (Å²) in [6.07, 6.45) is 1.31. The van der Waals surface area contributed by atoms with Crippen molar-refractivity contribution >= 4 is 16.2 Å². The van der Waals surface area contributed by atoms with Gasteiger partial charge in [0.1, 0.15) is 6.54 Å². The molecule has 0 aliphatic heterocycles. The van der Waals surface area contributed by atoms with E-state index in [0.717, 1.165) is 4.68 Å². The van der Waals surface area contributed by atoms with Crippen LogP contribution in [0.2, 0.25) is 0 Å². The molecule has 1 heterocycles. The van der Waals surface area contributed by atoms with Crippen molar-refractivity contribution in [3.8, 4) is 0 Å². The standard InChI is InChI=1S/C5H9N5O4S/c6-15(13,14)7-1-4-2-10(9-8-4)3-5(11)12/h2,7H,1,3H2,(H,11,12)(H2,6,13,14). The summed E-state index contributed by atoms with van der Waals surface area (Å²) in [5.74, 6) is -1.06. The predicted molar refractivity (Wildman–Crippen MR) is 47.6 cm³/mol. The Morgan fingerprint density at radius 1 is 1.67 bits per heavy atom. The van der Waals surface area contributed by atoms with Crippen molar-refractivity contribution in [2.75, 3.05) is 0 Å². The molecule has 0 amide bonds. The molecule has 15 heavy (non-hydrogen) atoms. The van der Waals surface area contributed by atoms with Gasteiger partial charge in [0.25, 0.3) is 10.2 Å². The molecule has 0 saturated carbocycles. The lowest BCUT2D eigenvalue weighted by molar-refractivity contribution is -0.137. The average molecular weight is 235 g/mol. The Bertz CT molecular complexity index is 452. The number of aliphatic carboxylic acids is 1. The fourth-order valence-electron chi connectivity index (χ4n) is 0.810. The Labute approximate surface area is 85.1 Å². The van der Waals surface area contributed by atoms with Crippen LogP contribution in [0.25, 0.3) is 0 Å². The molecule has 0 aromatic carbocycles. The number of hydrogen-bond donors (Lipinski definition) is 3. The zero-order chi connectivity index (χ0) is 11.5. The number of nitrogens with two attached hydrogens (primary N) is 1. The van der Waals surface area contributed by atoms with E-state index >= 15 is 0 Å². The Kier molecular flexibility index (Phi) is 3.34. The molecule has 4 N–H and O–H groups in total. The van der Waals surface area contributed by atoms with Crippen molar-refractivity contribution in [2.45, 2.75) is 13.1 Å². The van der Waals surface area contributed by atoms with Crippen LogP contribution in [0.15, 0.2) is 6.20 Å². The molecular formula is C5H9N5O4S. The van der Waals surface area contributed by atoms with Crippen molar-refractivity contribution in [1.29, 1.82) is 0 Å². The quantitative estimate of drug-likeness (QED) is 0.522. The van der Waals surface area contributed by atoms with E-state index in [2.05, 4.69) is 15.5 Å². The van der Waals surface area contributed by atoms with Crippen molar-refractivity contribution < 1.29 is 18.3 Å². The van der Waals surface area contributed by atoms with E-state index in [9.17, 15) is 13.2 Å². The van der Waals surface area contributed by atoms with E-state index in [4.69, 9.17) is 5.11 Å². The molecule has 0 saturated heterocycles. The van der Waals surface area contributed by atoms with E-state index in [0.29, 0.717) is 0 Å². The zero-order valence-corrected chi connectivity index (χ0v) is 8.31. The molecule has 0 atom stereocenters. The second-order valence-electron chi connectivity index (χ2n) is 2.67. The van der Waals surface area contributed by atoms with Crippen LogP contribution in [-0.4, -0.2) is 34.5 Å². The van der Waals surface area contributed by atoms with Gasteiger partial charge in [-0.2, -0.15) is 13.1 Å². The summed E-state index contributed by atoms with van der Waals surface area (Å²) in [7, 11) is -3.78. The van der Waals surface area contributed by atoms with Crippen LogP contribution in [-0.2, 0) is 28.1 Å². The first-order valence-corrected chi connectivity index (χ1v) is 5.29. The number of carboxylic acids is 1. The second-order valence-corrected chi connectivity index (χ2v) is 4.05. The normalized spacial score (nSPS) is 11.5. The minimum atomic E-state index is -3.78. The van der Waals surface area contributed by atoms with Crippen molar-refractivity contribution in [3.63, 3.8) is 0 Å². The molecule has 10 heteroatoms. The molecule has 0 bridgehead atoms. The van der Waals surface area contributed by atoms with Crippen molar-refractivity contribution in [3.05, 3.63) is 11.9 Å². The summed E-state index contributed by atoms with van der Waals surface area (Å²) in [5.41, 5.74) is 0.283. The lowest BCUT2D eigenvalue weighted by atomic mass is 10.5. The van der Waals surface area contributed by atoms with E-state index in [1.54, 1.807) is 0 Å². The number of rotatable bonds is 5. The third kappa shape index (κ3) is 4.49. The lowest BCUT2D eigenvalue weighted by Crippen LogP contribution is -2.30. The van der Waals surface area contributed by atoms with Gasteiger partial charge in [0, 0.05) is 0 Å². The highest BCUT2D eigenvalue weighted by Gasteiger charge is 2.06. The Morgan fingerprint density at radius 3 is 2.87 bits per heavy atom. The van der Waals surface area contributed by atoms with E-state index in [1.807, 2.05) is 4.72 Å². The maximum absolute atomic E-state index is 10.5. The van der Waals surface area contributed by atoms with Crippen LogP contribution >= 0.6 is 0 Å². The summed E-state index contributed by atoms with van der Waals surface area (Å²) >= 11 is 0. The van der Waals surface area contributed by atoms with Gasteiger partial charge in [-0.15, -0.1) is 5.10 Å². The largest absolute Gasteiger partial charge is 0.480 e. The number of nitrogens with zero attached hydrogens (tertiary/aromatic N) is 3. The molecule has 1 rings (SSSR count). The monoisotopic (exact) mass is 235 g/mol. The molecule has 0 spiro atoms. The van der Waals surface area contributed by atoms with Crippen molar-refractivity contribution in [1.82, 2.24) is 19.7 Å². The number of nitrogens with one attached hydrogen (secondary N) is 1. The van der Waals surface area contributed by atoms with E-state index < -0.39 is 16.2 Å². The molecule has 1 aromatic heterocycles. The molecule has 0 aliphatic rings. The molecule has 0 aliphatic carbocycles. The number of aromatic nitrogens is 3. The third-order valence-electron chi connectivity index (χ3n) is 1.34. The van der Waals surface area contributed by atoms with Crippen LogP contribution in [0.3, 0.4) is 0 Å². The van der Waals surface area contributed by atoms with Crippen LogP contribution < -0.4 is 9.86 Å². The van der Waals surface area contributed by atoms with Crippen LogP contribution in [0.5, 0.6) is 0 Å². The van der Waals surface area contributed by atoms with Crippen LogP contribution in [0.1, 0.15) is 5.69 Å². The second kappa shape index (κ2) is 4.33. The minimum Gasteiger partial charge on any atom is -0.480 e. The molecular weight excluding hydrogens is 226 g/mol. The van der Waals surface area contributed by atoms with Gasteiger partial charge < -0.3 is 5.11 Å². The summed E-state index contributed by atoms with van der Waals surface area (Å²) in [6, 6.07) is 0. The van der Waals surface area contributed by atoms with Gasteiger partial charge in [-0.25, -0.2) is 9.82 Å². The summed E-state index contributed by atoms with van der Waals surface area (Å²) in [4.78, 5) is 10.3. The van der Waals surface area contributed by atoms with Gasteiger partial charge in [0.15, 0.2) is 0 Å². The predicted octanol–water partition coefficient (Wildman–Crippen LogP) is -2.34. The van der Waals surface area contributed by atoms with E-state index in [1.165, 1.54) is 6.20 Å². The number of carbonyl (C=O) groups is 1. The van der Waals surface area contributed by atoms with Crippen LogP contribution in [0, 0.1) is 0 Å². The number of carboxylic acid groups (broad SMARTS) is 1. The first-order chi connectivity index (χ1) is 6.87. The highest BCUT2D eigenvalue weighted by Crippen LogP contribution is 1.92. The van der Waals surface area contributed by atoms with Gasteiger partial charge in [-0.1, -0.05) is 5.21 Å². The SMILES string of the molecule is NS(=O)(=O)NCc1cn(CC(=O)O)nn1. The first-order valence-electron chi connectivity index (χ1n) is 3.75. The Morgan fingerprint density at radius 2 is 2.33 bits per heavy atom. The minimum absolute atomic E-state index is 0.127. The Hall–Kier alpha value is -1.52. The smallest absolute Gasteiger partial charge is 0.325 e. The van der Waals surface area contributed by atoms with Gasteiger partial charge in [0.2, 0.25) is 0 Å². The third-order valence-corrected chi connectivity index (χ3v) is 1.88. The molecule has 9 nitrogen and oxygen atoms in total. The fourth-order valence-corrected chi connectivity index (χ4v) is 1.16. The topological polar surface area (TPSA) is 140 Å². The first kappa shape index (κ1) is 11.6. The maximum Gasteiger partial charge on any atom is 0.325 e. The summed E-state index contributed by atoms with van der Waals surface area (Å²) in [5, 5.41) is 20.1. The van der Waals surface area contributed by atoms with Crippen LogP contribution in [0.4, 0.5) is 0 Å². The van der Waals surface area contributed by atoms with Gasteiger partial charge in [-0.3, -0.25) is 4.79 Å². The van der Waals surface area contributed by atoms with Gasteiger partial charge in [0.05, 0.1) is 18.4 Å². The lowest BCUT2D eigenvalue weighted by Gasteiger charge is -1.96. The molecule has 0 fully saturated rings. The maximum atomic E-state index is 10.5. The molecule has 0 radical (unpaired) electrons. The highest BCUT2D eigenvalue weighted by molar-refractivity contribution is 7.87. The average Bonchev–Trinajstić information content (AvgIpc) is 2.46. The molecule has 1 aromatic rings. The summed E-state index contributed by atoms with van der Waals surface area (Å²) in [6.45, 7) is -0.458. The van der Waals surface area contributed by atoms with Gasteiger partial charge in [-0.05, 0) is 0 Å². The highest BCUT2D eigenvalue weighted by atomic mass is 32.2. The number of hydrogen-bond acceptors (Lipinski definition) is 5.